The highest BCUT2D eigenvalue weighted by molar-refractivity contribution is 5.89. The molecule has 0 aromatic carbocycles. The quantitative estimate of drug-likeness (QED) is 0.125. The second kappa shape index (κ2) is 16.3. The zero-order chi connectivity index (χ0) is 30.0. The number of Topliss-reactive ketones (excluding diaryl/α,β-unsaturated/α-hetero) is 1. The first-order valence-electron chi connectivity index (χ1n) is 15.0. The lowest BCUT2D eigenvalue weighted by atomic mass is 9.88. The van der Waals surface area contributed by atoms with Gasteiger partial charge in [-0.15, -0.1) is 0 Å². The highest BCUT2D eigenvalue weighted by atomic mass is 16.6. The van der Waals surface area contributed by atoms with Gasteiger partial charge in [-0.2, -0.15) is 0 Å². The van der Waals surface area contributed by atoms with E-state index >= 15 is 0 Å². The van der Waals surface area contributed by atoms with Gasteiger partial charge >= 0.3 is 11.9 Å². The van der Waals surface area contributed by atoms with Crippen molar-refractivity contribution < 1.29 is 33.3 Å². The first-order chi connectivity index (χ1) is 18.9. The van der Waals surface area contributed by atoms with Crippen molar-refractivity contribution in [3.8, 4) is 0 Å². The number of epoxide rings is 1. The molecule has 10 unspecified atom stereocenters. The van der Waals surface area contributed by atoms with Crippen LogP contribution in [0.25, 0.3) is 0 Å². The summed E-state index contributed by atoms with van der Waals surface area (Å²) in [6, 6.07) is 0. The van der Waals surface area contributed by atoms with Gasteiger partial charge in [-0.05, 0) is 49.7 Å². The topological polar surface area (TPSA) is 91.4 Å². The highest BCUT2D eigenvalue weighted by Crippen LogP contribution is 2.35. The normalized spacial score (nSPS) is 32.4. The van der Waals surface area contributed by atoms with Crippen molar-refractivity contribution in [1.29, 1.82) is 0 Å². The molecule has 0 saturated carbocycles. The molecule has 0 aromatic heterocycles. The van der Waals surface area contributed by atoms with Crippen LogP contribution in [-0.4, -0.2) is 55.4 Å². The van der Waals surface area contributed by atoms with Gasteiger partial charge in [-0.25, -0.2) is 0 Å². The second-order valence-electron chi connectivity index (χ2n) is 11.8. The Balaban J connectivity index is 2.15. The Morgan fingerprint density at radius 1 is 1.10 bits per heavy atom. The predicted molar refractivity (Wildman–Crippen MR) is 157 cm³/mol. The van der Waals surface area contributed by atoms with Crippen molar-refractivity contribution in [3.05, 3.63) is 36.0 Å². The Morgan fingerprint density at radius 2 is 1.80 bits per heavy atom. The Labute approximate surface area is 241 Å². The van der Waals surface area contributed by atoms with Gasteiger partial charge in [0.05, 0.1) is 12.2 Å². The zero-order valence-corrected chi connectivity index (χ0v) is 26.1. The molecule has 0 aromatic rings. The maximum Gasteiger partial charge on any atom is 0.306 e. The molecule has 40 heavy (non-hydrogen) atoms. The number of methoxy groups -OCH3 is 1. The van der Waals surface area contributed by atoms with E-state index in [0.717, 1.165) is 31.3 Å². The lowest BCUT2D eigenvalue weighted by molar-refractivity contribution is -0.150. The molecule has 2 rings (SSSR count). The molecule has 0 amide bonds. The number of hydrogen-bond donors (Lipinski definition) is 0. The van der Waals surface area contributed by atoms with Crippen LogP contribution >= 0.6 is 0 Å². The average Bonchev–Trinajstić information content (AvgIpc) is 3.71. The highest BCUT2D eigenvalue weighted by Gasteiger charge is 2.50. The van der Waals surface area contributed by atoms with Gasteiger partial charge in [-0.1, -0.05) is 72.3 Å². The summed E-state index contributed by atoms with van der Waals surface area (Å²) in [4.78, 5) is 37.6. The lowest BCUT2D eigenvalue weighted by Crippen LogP contribution is -2.29. The van der Waals surface area contributed by atoms with E-state index in [-0.39, 0.29) is 71.7 Å². The first kappa shape index (κ1) is 34.0. The molecule has 0 N–H and O–H groups in total. The van der Waals surface area contributed by atoms with E-state index in [0.29, 0.717) is 6.42 Å². The number of allylic oxidation sites excluding steroid dienone is 3. The van der Waals surface area contributed by atoms with Gasteiger partial charge in [0.1, 0.15) is 18.3 Å². The van der Waals surface area contributed by atoms with Crippen LogP contribution in [0.4, 0.5) is 0 Å². The number of carbonyl (C=O) groups excluding carboxylic acids is 3. The van der Waals surface area contributed by atoms with Gasteiger partial charge in [-0.3, -0.25) is 14.4 Å². The van der Waals surface area contributed by atoms with E-state index in [9.17, 15) is 14.4 Å². The second-order valence-corrected chi connectivity index (χ2v) is 11.8. The summed E-state index contributed by atoms with van der Waals surface area (Å²) in [5.74, 6) is -0.353. The maximum absolute atomic E-state index is 12.9. The van der Waals surface area contributed by atoms with E-state index in [1.807, 2.05) is 51.2 Å². The van der Waals surface area contributed by atoms with Crippen molar-refractivity contribution in [2.45, 2.75) is 118 Å². The summed E-state index contributed by atoms with van der Waals surface area (Å²) < 4.78 is 22.9. The monoisotopic (exact) mass is 560 g/mol. The van der Waals surface area contributed by atoms with Crippen molar-refractivity contribution in [2.75, 3.05) is 7.11 Å². The fraction of sp³-hybridized carbons (Fsp3) is 0.727. The van der Waals surface area contributed by atoms with Crippen molar-refractivity contribution in [3.63, 3.8) is 0 Å². The van der Waals surface area contributed by atoms with E-state index < -0.39 is 6.10 Å². The van der Waals surface area contributed by atoms with Crippen LogP contribution in [0.3, 0.4) is 0 Å². The van der Waals surface area contributed by atoms with Crippen molar-refractivity contribution in [2.24, 2.45) is 29.6 Å². The molecular formula is C33H52O7. The largest absolute Gasteiger partial charge is 0.458 e. The Kier molecular flexibility index (Phi) is 13.8. The Bertz CT molecular complexity index is 931. The summed E-state index contributed by atoms with van der Waals surface area (Å²) >= 11 is 0. The molecule has 0 bridgehead atoms. The molecule has 0 radical (unpaired) electrons. The number of carbonyl (C=O) groups is 3. The number of rotatable bonds is 11. The van der Waals surface area contributed by atoms with Crippen LogP contribution in [0.15, 0.2) is 36.0 Å². The molecule has 10 atom stereocenters. The third-order valence-electron chi connectivity index (χ3n) is 8.54. The molecule has 1 fully saturated rings. The van der Waals surface area contributed by atoms with Crippen LogP contribution in [0.2, 0.25) is 0 Å². The summed E-state index contributed by atoms with van der Waals surface area (Å²) in [7, 11) is 1.70. The molecule has 0 aliphatic carbocycles. The number of hydrogen-bond acceptors (Lipinski definition) is 7. The van der Waals surface area contributed by atoms with E-state index in [1.54, 1.807) is 7.11 Å². The SMILES string of the molecule is CCC1CCC(C)C(OC(C)=O)C=CC(C)C(C(C)=CC=CC(C)C(=O)C2OC2C(C)C(CC)OC)OC(=O)C1. The molecule has 226 valence electrons. The number of esters is 2. The van der Waals surface area contributed by atoms with Gasteiger partial charge in [0.2, 0.25) is 0 Å². The third-order valence-corrected chi connectivity index (χ3v) is 8.54. The fourth-order valence-corrected chi connectivity index (χ4v) is 5.62. The van der Waals surface area contributed by atoms with E-state index in [1.165, 1.54) is 6.92 Å². The molecule has 1 saturated heterocycles. The van der Waals surface area contributed by atoms with Crippen LogP contribution in [0.5, 0.6) is 0 Å². The molecule has 7 nitrogen and oxygen atoms in total. The van der Waals surface area contributed by atoms with Crippen LogP contribution in [0.1, 0.15) is 87.5 Å². The summed E-state index contributed by atoms with van der Waals surface area (Å²) in [6.45, 7) is 15.6. The van der Waals surface area contributed by atoms with Crippen LogP contribution < -0.4 is 0 Å². The average molecular weight is 561 g/mol. The van der Waals surface area contributed by atoms with Gasteiger partial charge in [0.15, 0.2) is 5.78 Å². The molecule has 2 heterocycles. The predicted octanol–water partition coefficient (Wildman–Crippen LogP) is 6.40. The minimum Gasteiger partial charge on any atom is -0.458 e. The fourth-order valence-electron chi connectivity index (χ4n) is 5.62. The van der Waals surface area contributed by atoms with Gasteiger partial charge < -0.3 is 18.9 Å². The molecule has 0 spiro atoms. The molecule has 2 aliphatic heterocycles. The van der Waals surface area contributed by atoms with E-state index in [2.05, 4.69) is 27.7 Å². The summed E-state index contributed by atoms with van der Waals surface area (Å²) in [5, 5.41) is 0. The minimum atomic E-state index is -0.471. The van der Waals surface area contributed by atoms with Gasteiger partial charge in [0, 0.05) is 38.2 Å². The number of ether oxygens (including phenoxy) is 4. The smallest absolute Gasteiger partial charge is 0.306 e. The number of cyclic esters (lactones) is 1. The van der Waals surface area contributed by atoms with Crippen LogP contribution in [0, 0.1) is 29.6 Å². The summed E-state index contributed by atoms with van der Waals surface area (Å²) in [5.41, 5.74) is 0.878. The third kappa shape index (κ3) is 9.99. The molecular weight excluding hydrogens is 508 g/mol. The van der Waals surface area contributed by atoms with Crippen molar-refractivity contribution in [1.82, 2.24) is 0 Å². The Hall–Kier alpha value is -2.25. The standard InChI is InChI=1S/C33H52O7/c1-10-26-17-15-20(3)28(38-25(8)34)18-16-23(6)31(39-29(35)19-26)22(5)14-12-13-21(4)30(36)33-32(40-33)24(7)27(11-2)37-9/h12-14,16,18,20-21,23-24,26-28,31-33H,10-11,15,17,19H2,1-9H3. The summed E-state index contributed by atoms with van der Waals surface area (Å²) in [6.07, 6.45) is 12.2. The van der Waals surface area contributed by atoms with Gasteiger partial charge in [0.25, 0.3) is 0 Å². The minimum absolute atomic E-state index is 0.0649. The zero-order valence-electron chi connectivity index (χ0n) is 26.1. The Morgan fingerprint density at radius 3 is 2.40 bits per heavy atom. The number of ketones is 1. The first-order valence-corrected chi connectivity index (χ1v) is 15.0. The van der Waals surface area contributed by atoms with Crippen molar-refractivity contribution >= 4 is 17.7 Å². The van der Waals surface area contributed by atoms with Crippen LogP contribution in [-0.2, 0) is 33.3 Å². The lowest BCUT2D eigenvalue weighted by Gasteiger charge is -2.28. The maximum atomic E-state index is 12.9. The molecule has 2 aliphatic rings. The van der Waals surface area contributed by atoms with E-state index in [4.69, 9.17) is 18.9 Å². The molecule has 7 heteroatoms.